The molecule has 4 aromatic carbocycles. The molecule has 0 unspecified atom stereocenters. The standard InChI is InChI=1S/C54H66N6O6/c1-10-13-16-19-28-58-46-25-22-40(34(4)55-64-37(7)61)31-43(46)49-52(58)50-44-32-41(35(5)56-65-38(8)62)23-26-47(44)59(29-20-17-14-11-2)54(50)51-45-33-42(36(6)57-66-39(9)63)24-27-48(45)60(53(49)51)30-21-18-15-12-3/h22-27,31-33H,10-21,28-30H2,1-9H3/b55-34+,56-35+,57-36+. The van der Waals surface area contributed by atoms with Crippen molar-refractivity contribution in [1.82, 2.24) is 13.7 Å². The summed E-state index contributed by atoms with van der Waals surface area (Å²) in [7, 11) is 0. The van der Waals surface area contributed by atoms with E-state index < -0.39 is 17.9 Å². The molecule has 0 aliphatic rings. The smallest absolute Gasteiger partial charge is 0.331 e. The van der Waals surface area contributed by atoms with Gasteiger partial charge in [0.05, 0.1) is 33.7 Å². The van der Waals surface area contributed by atoms with Gasteiger partial charge in [0.1, 0.15) is 0 Å². The summed E-state index contributed by atoms with van der Waals surface area (Å²) in [6.07, 6.45) is 13.2. The number of aryl methyl sites for hydroxylation is 3. The number of rotatable bonds is 21. The molecule has 3 heterocycles. The van der Waals surface area contributed by atoms with Crippen LogP contribution in [0.25, 0.3) is 65.4 Å². The number of unbranched alkanes of at least 4 members (excludes halogenated alkanes) is 9. The van der Waals surface area contributed by atoms with Crippen LogP contribution in [0.3, 0.4) is 0 Å². The topological polar surface area (TPSA) is 131 Å². The molecule has 0 radical (unpaired) electrons. The van der Waals surface area contributed by atoms with Crippen LogP contribution in [-0.4, -0.2) is 48.7 Å². The number of nitrogens with zero attached hydrogens (tertiary/aromatic N) is 6. The van der Waals surface area contributed by atoms with Gasteiger partial charge in [0.25, 0.3) is 0 Å². The quantitative estimate of drug-likeness (QED) is 0.0305. The lowest BCUT2D eigenvalue weighted by Gasteiger charge is -2.13. The van der Waals surface area contributed by atoms with Gasteiger partial charge in [-0.3, -0.25) is 0 Å². The van der Waals surface area contributed by atoms with E-state index in [1.165, 1.54) is 37.3 Å². The Bertz CT molecular complexity index is 2700. The molecular formula is C54H66N6O6. The Morgan fingerprint density at radius 2 is 0.682 bits per heavy atom. The monoisotopic (exact) mass is 895 g/mol. The molecule has 12 nitrogen and oxygen atoms in total. The maximum absolute atomic E-state index is 11.9. The van der Waals surface area contributed by atoms with Crippen LogP contribution in [-0.2, 0) is 48.5 Å². The van der Waals surface area contributed by atoms with E-state index >= 15 is 0 Å². The van der Waals surface area contributed by atoms with Crippen molar-refractivity contribution in [2.45, 2.75) is 159 Å². The third-order valence-corrected chi connectivity index (χ3v) is 12.8. The highest BCUT2D eigenvalue weighted by Crippen LogP contribution is 2.49. The second kappa shape index (κ2) is 21.3. The summed E-state index contributed by atoms with van der Waals surface area (Å²) in [5.74, 6) is -1.41. The highest BCUT2D eigenvalue weighted by Gasteiger charge is 2.28. The van der Waals surface area contributed by atoms with Crippen LogP contribution in [0.4, 0.5) is 0 Å². The third kappa shape index (κ3) is 9.78. The lowest BCUT2D eigenvalue weighted by atomic mass is 9.99. The maximum atomic E-state index is 11.9. The number of aromatic nitrogens is 3. The minimum atomic E-state index is -0.470. The van der Waals surface area contributed by atoms with E-state index in [0.717, 1.165) is 162 Å². The Balaban J connectivity index is 1.75. The van der Waals surface area contributed by atoms with Gasteiger partial charge in [0.2, 0.25) is 0 Å². The Morgan fingerprint density at radius 1 is 0.409 bits per heavy atom. The van der Waals surface area contributed by atoms with E-state index in [9.17, 15) is 14.4 Å². The molecule has 0 fully saturated rings. The summed E-state index contributed by atoms with van der Waals surface area (Å²) in [4.78, 5) is 51.3. The van der Waals surface area contributed by atoms with Crippen molar-refractivity contribution in [1.29, 1.82) is 0 Å². The molecule has 0 aliphatic carbocycles. The van der Waals surface area contributed by atoms with Gasteiger partial charge in [-0.05, 0) is 93.1 Å². The van der Waals surface area contributed by atoms with Gasteiger partial charge >= 0.3 is 17.9 Å². The van der Waals surface area contributed by atoms with Crippen molar-refractivity contribution in [3.63, 3.8) is 0 Å². The Morgan fingerprint density at radius 3 is 0.924 bits per heavy atom. The predicted octanol–water partition coefficient (Wildman–Crippen LogP) is 13.6. The Kier molecular flexibility index (Phi) is 15.4. The third-order valence-electron chi connectivity index (χ3n) is 12.8. The first-order valence-electron chi connectivity index (χ1n) is 24.1. The molecule has 7 rings (SSSR count). The summed E-state index contributed by atoms with van der Waals surface area (Å²) < 4.78 is 7.66. The lowest BCUT2D eigenvalue weighted by Crippen LogP contribution is -2.02. The fraction of sp³-hybridized carbons (Fsp3) is 0.444. The van der Waals surface area contributed by atoms with Crippen LogP contribution in [0, 0.1) is 0 Å². The van der Waals surface area contributed by atoms with Crippen LogP contribution in [0.2, 0.25) is 0 Å². The molecule has 0 spiro atoms. The van der Waals surface area contributed by atoms with Crippen LogP contribution >= 0.6 is 0 Å². The van der Waals surface area contributed by atoms with E-state index in [0.29, 0.717) is 17.1 Å². The Hall–Kier alpha value is -6.30. The van der Waals surface area contributed by atoms with E-state index in [-0.39, 0.29) is 0 Å². The number of oxime groups is 3. The molecule has 0 bridgehead atoms. The van der Waals surface area contributed by atoms with Crippen molar-refractivity contribution in [2.24, 2.45) is 15.5 Å². The zero-order chi connectivity index (χ0) is 47.1. The molecule has 66 heavy (non-hydrogen) atoms. The van der Waals surface area contributed by atoms with E-state index in [4.69, 9.17) is 14.5 Å². The van der Waals surface area contributed by atoms with E-state index in [1.807, 2.05) is 20.8 Å². The minimum Gasteiger partial charge on any atom is -0.340 e. The van der Waals surface area contributed by atoms with Crippen LogP contribution in [0.5, 0.6) is 0 Å². The number of carbonyl (C=O) groups excluding carboxylic acids is 3. The number of hydrogen-bond acceptors (Lipinski definition) is 9. The summed E-state index contributed by atoms with van der Waals surface area (Å²) in [5, 5.41) is 19.5. The summed E-state index contributed by atoms with van der Waals surface area (Å²) in [6.45, 7) is 18.9. The van der Waals surface area contributed by atoms with E-state index in [2.05, 4.69) is 105 Å². The molecule has 7 aromatic rings. The second-order valence-corrected chi connectivity index (χ2v) is 17.8. The number of benzene rings is 4. The van der Waals surface area contributed by atoms with Gasteiger partial charge in [-0.25, -0.2) is 14.4 Å². The SMILES string of the molecule is CCCCCCn1c2ccc(/C(C)=N/OC(C)=O)cc2c2c1c1c3cc(/C(C)=N/OC(C)=O)ccc3n(CCCCCC)c1c1c3cc(/C(C)=N/OC(C)=O)ccc3n(CCCCCC)c21. The van der Waals surface area contributed by atoms with Crippen molar-refractivity contribution < 1.29 is 28.9 Å². The largest absolute Gasteiger partial charge is 0.340 e. The van der Waals surface area contributed by atoms with Gasteiger partial charge in [0, 0.05) is 89.3 Å². The zero-order valence-electron chi connectivity index (χ0n) is 40.4. The first kappa shape index (κ1) is 47.7. The molecule has 0 atom stereocenters. The van der Waals surface area contributed by atoms with E-state index in [1.54, 1.807) is 0 Å². The van der Waals surface area contributed by atoms with Crippen LogP contribution in [0.15, 0.2) is 70.1 Å². The fourth-order valence-electron chi connectivity index (χ4n) is 9.58. The molecule has 0 aliphatic heterocycles. The summed E-state index contributed by atoms with van der Waals surface area (Å²) in [6, 6.07) is 19.6. The molecule has 0 amide bonds. The molecule has 3 aromatic heterocycles. The molecule has 0 saturated carbocycles. The first-order chi connectivity index (χ1) is 31.9. The molecule has 0 N–H and O–H groups in total. The maximum Gasteiger partial charge on any atom is 0.331 e. The Labute approximate surface area is 387 Å². The highest BCUT2D eigenvalue weighted by atomic mass is 16.7. The molecule has 348 valence electrons. The number of hydrogen-bond donors (Lipinski definition) is 0. The molecular weight excluding hydrogens is 829 g/mol. The van der Waals surface area contributed by atoms with Gasteiger partial charge in [0.15, 0.2) is 0 Å². The van der Waals surface area contributed by atoms with Gasteiger partial charge in [-0.15, -0.1) is 0 Å². The van der Waals surface area contributed by atoms with Crippen molar-refractivity contribution in [2.75, 3.05) is 0 Å². The minimum absolute atomic E-state index is 0.470. The van der Waals surface area contributed by atoms with Crippen molar-refractivity contribution in [3.05, 3.63) is 71.3 Å². The summed E-state index contributed by atoms with van der Waals surface area (Å²) in [5.41, 5.74) is 11.3. The first-order valence-corrected chi connectivity index (χ1v) is 24.1. The average molecular weight is 895 g/mol. The number of carbonyl (C=O) groups is 3. The van der Waals surface area contributed by atoms with Crippen molar-refractivity contribution >= 4 is 100 Å². The number of fused-ring (bicyclic) bond motifs is 12. The normalized spacial score (nSPS) is 12.8. The second-order valence-electron chi connectivity index (χ2n) is 17.8. The lowest BCUT2D eigenvalue weighted by molar-refractivity contribution is -0.141. The van der Waals surface area contributed by atoms with Crippen molar-refractivity contribution in [3.8, 4) is 0 Å². The van der Waals surface area contributed by atoms with Gasteiger partial charge < -0.3 is 28.2 Å². The molecule has 0 saturated heterocycles. The predicted molar refractivity (Wildman–Crippen MR) is 270 cm³/mol. The zero-order valence-corrected chi connectivity index (χ0v) is 40.4. The van der Waals surface area contributed by atoms with Gasteiger partial charge in [-0.1, -0.05) is 112 Å². The van der Waals surface area contributed by atoms with Gasteiger partial charge in [-0.2, -0.15) is 0 Å². The average Bonchev–Trinajstić information content (AvgIpc) is 3.92. The fourth-order valence-corrected chi connectivity index (χ4v) is 9.58. The van der Waals surface area contributed by atoms with Crippen LogP contribution in [0.1, 0.15) is 156 Å². The van der Waals surface area contributed by atoms with Crippen LogP contribution < -0.4 is 0 Å². The summed E-state index contributed by atoms with van der Waals surface area (Å²) >= 11 is 0. The molecule has 12 heteroatoms. The highest BCUT2D eigenvalue weighted by molar-refractivity contribution is 6.40.